The van der Waals surface area contributed by atoms with Crippen molar-refractivity contribution in [2.75, 3.05) is 26.2 Å². The van der Waals surface area contributed by atoms with Crippen molar-refractivity contribution in [2.24, 2.45) is 0 Å². The lowest BCUT2D eigenvalue weighted by Gasteiger charge is -2.30. The molecule has 0 aliphatic carbocycles. The highest BCUT2D eigenvalue weighted by molar-refractivity contribution is 5.22. The number of aliphatic hydroxyl groups excluding tert-OH is 2. The fraction of sp³-hybridized carbons (Fsp3) is 0.667. The highest BCUT2D eigenvalue weighted by Gasteiger charge is 2.18. The highest BCUT2D eigenvalue weighted by Crippen LogP contribution is 2.16. The average molecular weight is 304 g/mol. The smallest absolute Gasteiger partial charge is 0.0564 e. The molecule has 1 aromatic rings. The molecule has 0 spiro atoms. The van der Waals surface area contributed by atoms with Crippen LogP contribution in [0, 0.1) is 0 Å². The zero-order valence-electron chi connectivity index (χ0n) is 13.3. The first-order valence-corrected chi connectivity index (χ1v) is 8.58. The predicted molar refractivity (Wildman–Crippen MR) is 87.5 cm³/mol. The van der Waals surface area contributed by atoms with Gasteiger partial charge in [-0.1, -0.05) is 24.3 Å². The molecule has 3 rings (SSSR count). The van der Waals surface area contributed by atoms with Crippen LogP contribution in [-0.4, -0.2) is 58.4 Å². The summed E-state index contributed by atoms with van der Waals surface area (Å²) in [5.41, 5.74) is 2.71. The summed E-state index contributed by atoms with van der Waals surface area (Å²) in [6, 6.07) is 8.94. The van der Waals surface area contributed by atoms with Crippen LogP contribution in [-0.2, 0) is 13.1 Å². The minimum Gasteiger partial charge on any atom is -0.393 e. The molecule has 0 atom stereocenters. The van der Waals surface area contributed by atoms with E-state index in [0.717, 1.165) is 65.0 Å². The van der Waals surface area contributed by atoms with Crippen molar-refractivity contribution in [3.05, 3.63) is 35.4 Å². The number of hydrogen-bond donors (Lipinski definition) is 2. The van der Waals surface area contributed by atoms with Crippen molar-refractivity contribution in [1.29, 1.82) is 0 Å². The number of likely N-dealkylation sites (tertiary alicyclic amines) is 2. The SMILES string of the molecule is OC1CCN(Cc2ccc(CN3CCC(O)CC3)cc2)CC1. The van der Waals surface area contributed by atoms with Crippen LogP contribution < -0.4 is 0 Å². The van der Waals surface area contributed by atoms with E-state index in [-0.39, 0.29) is 12.2 Å². The monoisotopic (exact) mass is 304 g/mol. The molecule has 0 aromatic heterocycles. The van der Waals surface area contributed by atoms with Gasteiger partial charge in [0.15, 0.2) is 0 Å². The minimum absolute atomic E-state index is 0.0957. The van der Waals surface area contributed by atoms with Crippen LogP contribution in [0.5, 0.6) is 0 Å². The van der Waals surface area contributed by atoms with Gasteiger partial charge in [-0.2, -0.15) is 0 Å². The van der Waals surface area contributed by atoms with Crippen molar-refractivity contribution in [2.45, 2.75) is 51.0 Å². The number of hydrogen-bond acceptors (Lipinski definition) is 4. The molecule has 2 aliphatic rings. The quantitative estimate of drug-likeness (QED) is 0.887. The maximum Gasteiger partial charge on any atom is 0.0564 e. The lowest BCUT2D eigenvalue weighted by Crippen LogP contribution is -2.35. The van der Waals surface area contributed by atoms with Gasteiger partial charge in [0, 0.05) is 39.3 Å². The van der Waals surface area contributed by atoms with Crippen molar-refractivity contribution in [1.82, 2.24) is 9.80 Å². The molecular formula is C18H28N2O2. The molecule has 1 aromatic carbocycles. The Morgan fingerprint density at radius 2 is 1.00 bits per heavy atom. The highest BCUT2D eigenvalue weighted by atomic mass is 16.3. The zero-order valence-corrected chi connectivity index (χ0v) is 13.3. The van der Waals surface area contributed by atoms with Gasteiger partial charge in [0.1, 0.15) is 0 Å². The van der Waals surface area contributed by atoms with Crippen LogP contribution in [0.3, 0.4) is 0 Å². The Kier molecular flexibility index (Phi) is 5.47. The summed E-state index contributed by atoms with van der Waals surface area (Å²) in [5.74, 6) is 0. The second-order valence-electron chi connectivity index (χ2n) is 6.83. The van der Waals surface area contributed by atoms with Crippen molar-refractivity contribution in [3.63, 3.8) is 0 Å². The first-order chi connectivity index (χ1) is 10.7. The number of benzene rings is 1. The van der Waals surface area contributed by atoms with E-state index in [1.165, 1.54) is 11.1 Å². The third kappa shape index (κ3) is 4.53. The van der Waals surface area contributed by atoms with Gasteiger partial charge in [-0.25, -0.2) is 0 Å². The summed E-state index contributed by atoms with van der Waals surface area (Å²) < 4.78 is 0. The molecule has 0 saturated carbocycles. The van der Waals surface area contributed by atoms with E-state index in [1.807, 2.05) is 0 Å². The third-order valence-corrected chi connectivity index (χ3v) is 4.95. The topological polar surface area (TPSA) is 46.9 Å². The molecule has 2 N–H and O–H groups in total. The van der Waals surface area contributed by atoms with Gasteiger partial charge < -0.3 is 10.2 Å². The van der Waals surface area contributed by atoms with Gasteiger partial charge in [-0.15, -0.1) is 0 Å². The Hall–Kier alpha value is -0.940. The average Bonchev–Trinajstić information content (AvgIpc) is 2.54. The standard InChI is InChI=1S/C18H28N2O2/c21-17-5-9-19(10-6-17)13-15-1-2-16(4-3-15)14-20-11-7-18(22)8-12-20/h1-4,17-18,21-22H,5-14H2. The van der Waals surface area contributed by atoms with Gasteiger partial charge in [-0.05, 0) is 36.8 Å². The maximum atomic E-state index is 9.55. The summed E-state index contributed by atoms with van der Waals surface area (Å²) in [5, 5.41) is 19.1. The van der Waals surface area contributed by atoms with Crippen LogP contribution >= 0.6 is 0 Å². The normalized spacial score (nSPS) is 23.0. The molecule has 0 amide bonds. The lowest BCUT2D eigenvalue weighted by atomic mass is 10.0. The van der Waals surface area contributed by atoms with Crippen LogP contribution in [0.1, 0.15) is 36.8 Å². The van der Waals surface area contributed by atoms with E-state index < -0.39 is 0 Å². The van der Waals surface area contributed by atoms with E-state index in [2.05, 4.69) is 34.1 Å². The summed E-state index contributed by atoms with van der Waals surface area (Å²) in [6.07, 6.45) is 3.42. The third-order valence-electron chi connectivity index (χ3n) is 4.95. The van der Waals surface area contributed by atoms with E-state index in [0.29, 0.717) is 0 Å². The van der Waals surface area contributed by atoms with E-state index in [4.69, 9.17) is 0 Å². The van der Waals surface area contributed by atoms with Crippen LogP contribution in [0.15, 0.2) is 24.3 Å². The van der Waals surface area contributed by atoms with Crippen LogP contribution in [0.2, 0.25) is 0 Å². The molecule has 0 unspecified atom stereocenters. The molecule has 22 heavy (non-hydrogen) atoms. The molecule has 122 valence electrons. The van der Waals surface area contributed by atoms with Gasteiger partial charge in [0.2, 0.25) is 0 Å². The molecule has 0 bridgehead atoms. The Balaban J connectivity index is 1.47. The fourth-order valence-corrected chi connectivity index (χ4v) is 3.42. The predicted octanol–water partition coefficient (Wildman–Crippen LogP) is 1.60. The van der Waals surface area contributed by atoms with Gasteiger partial charge in [0.05, 0.1) is 12.2 Å². The number of nitrogens with zero attached hydrogens (tertiary/aromatic N) is 2. The van der Waals surface area contributed by atoms with Crippen LogP contribution in [0.4, 0.5) is 0 Å². The summed E-state index contributed by atoms with van der Waals surface area (Å²) in [4.78, 5) is 4.85. The molecule has 4 nitrogen and oxygen atoms in total. The number of rotatable bonds is 4. The lowest BCUT2D eigenvalue weighted by molar-refractivity contribution is 0.0786. The molecule has 2 saturated heterocycles. The summed E-state index contributed by atoms with van der Waals surface area (Å²) in [7, 11) is 0. The van der Waals surface area contributed by atoms with Crippen LogP contribution in [0.25, 0.3) is 0 Å². The Labute approximate surface area is 133 Å². The molecule has 2 aliphatic heterocycles. The molecular weight excluding hydrogens is 276 g/mol. The zero-order chi connectivity index (χ0) is 15.4. The van der Waals surface area contributed by atoms with Gasteiger partial charge >= 0.3 is 0 Å². The summed E-state index contributed by atoms with van der Waals surface area (Å²) in [6.45, 7) is 5.97. The molecule has 0 radical (unpaired) electrons. The van der Waals surface area contributed by atoms with Gasteiger partial charge in [0.25, 0.3) is 0 Å². The largest absolute Gasteiger partial charge is 0.393 e. The second kappa shape index (κ2) is 7.55. The first-order valence-electron chi connectivity index (χ1n) is 8.58. The van der Waals surface area contributed by atoms with Gasteiger partial charge in [-0.3, -0.25) is 9.80 Å². The minimum atomic E-state index is -0.0957. The van der Waals surface area contributed by atoms with Crippen molar-refractivity contribution >= 4 is 0 Å². The summed E-state index contributed by atoms with van der Waals surface area (Å²) >= 11 is 0. The molecule has 4 heteroatoms. The Morgan fingerprint density at radius 3 is 1.32 bits per heavy atom. The molecule has 2 fully saturated rings. The van der Waals surface area contributed by atoms with E-state index in [9.17, 15) is 10.2 Å². The number of piperidine rings is 2. The Morgan fingerprint density at radius 1 is 0.682 bits per heavy atom. The number of aliphatic hydroxyl groups is 2. The van der Waals surface area contributed by atoms with Crippen molar-refractivity contribution in [3.8, 4) is 0 Å². The maximum absolute atomic E-state index is 9.55. The Bertz CT molecular complexity index is 404. The molecule has 2 heterocycles. The first kappa shape index (κ1) is 15.9. The van der Waals surface area contributed by atoms with E-state index in [1.54, 1.807) is 0 Å². The second-order valence-corrected chi connectivity index (χ2v) is 6.83. The van der Waals surface area contributed by atoms with E-state index >= 15 is 0 Å². The fourth-order valence-electron chi connectivity index (χ4n) is 3.42. The van der Waals surface area contributed by atoms with Crippen molar-refractivity contribution < 1.29 is 10.2 Å².